The van der Waals surface area contributed by atoms with Crippen LogP contribution in [0.5, 0.6) is 0 Å². The van der Waals surface area contributed by atoms with Crippen molar-refractivity contribution in [3.05, 3.63) is 0 Å². The second-order valence-corrected chi connectivity index (χ2v) is 5.39. The van der Waals surface area contributed by atoms with Gasteiger partial charge in [-0.15, -0.1) is 0 Å². The molecule has 0 radical (unpaired) electrons. The maximum atomic E-state index is 12.0. The molecule has 18 heavy (non-hydrogen) atoms. The number of ether oxygens (including phenoxy) is 2. The van der Waals surface area contributed by atoms with Gasteiger partial charge in [-0.05, 0) is 39.0 Å². The number of likely N-dealkylation sites (tertiary alicyclic amines) is 1. The fraction of sp³-hybridized carbons (Fsp3) is 0.929. The first-order valence-electron chi connectivity index (χ1n) is 7.26. The lowest BCUT2D eigenvalue weighted by atomic mass is 10.0. The van der Waals surface area contributed by atoms with Crippen molar-refractivity contribution >= 4 is 5.91 Å². The average molecular weight is 255 g/mol. The Kier molecular flexibility index (Phi) is 5.45. The first kappa shape index (κ1) is 13.8. The van der Waals surface area contributed by atoms with E-state index in [9.17, 15) is 4.79 Å². The molecule has 0 bridgehead atoms. The van der Waals surface area contributed by atoms with Crippen LogP contribution in [0, 0.1) is 0 Å². The highest BCUT2D eigenvalue weighted by molar-refractivity contribution is 5.76. The Morgan fingerprint density at radius 2 is 2.22 bits per heavy atom. The number of hydrogen-bond acceptors (Lipinski definition) is 3. The monoisotopic (exact) mass is 255 g/mol. The number of carbonyl (C=O) groups is 1. The maximum Gasteiger partial charge on any atom is 0.225 e. The van der Waals surface area contributed by atoms with Crippen LogP contribution in [0.1, 0.15) is 45.4 Å². The number of nitrogens with zero attached hydrogens (tertiary/aromatic N) is 1. The van der Waals surface area contributed by atoms with Gasteiger partial charge < -0.3 is 14.4 Å². The molecule has 104 valence electrons. The van der Waals surface area contributed by atoms with E-state index in [1.807, 2.05) is 4.90 Å². The minimum absolute atomic E-state index is 0.245. The molecule has 0 aromatic heterocycles. The minimum Gasteiger partial charge on any atom is -0.378 e. The van der Waals surface area contributed by atoms with Crippen LogP contribution in [0.25, 0.3) is 0 Å². The molecular formula is C14H25NO3. The lowest BCUT2D eigenvalue weighted by Crippen LogP contribution is -2.42. The molecule has 2 fully saturated rings. The average Bonchev–Trinajstić information content (AvgIpc) is 2.88. The highest BCUT2D eigenvalue weighted by atomic mass is 16.5. The van der Waals surface area contributed by atoms with Gasteiger partial charge in [0.05, 0.1) is 25.7 Å². The number of carbonyl (C=O) groups excluding carboxylic acids is 1. The fourth-order valence-corrected chi connectivity index (χ4v) is 2.76. The van der Waals surface area contributed by atoms with Crippen LogP contribution in [-0.2, 0) is 14.3 Å². The van der Waals surface area contributed by atoms with Gasteiger partial charge in [0.1, 0.15) is 0 Å². The predicted molar refractivity (Wildman–Crippen MR) is 69.4 cm³/mol. The Hall–Kier alpha value is -0.610. The molecule has 0 aliphatic carbocycles. The van der Waals surface area contributed by atoms with Crippen LogP contribution in [0.4, 0.5) is 0 Å². The molecule has 2 aliphatic heterocycles. The van der Waals surface area contributed by atoms with Crippen molar-refractivity contribution in [1.29, 1.82) is 0 Å². The van der Waals surface area contributed by atoms with E-state index in [0.717, 1.165) is 38.8 Å². The van der Waals surface area contributed by atoms with E-state index in [1.165, 1.54) is 6.42 Å². The third-order valence-electron chi connectivity index (χ3n) is 3.91. The van der Waals surface area contributed by atoms with E-state index in [1.54, 1.807) is 0 Å². The molecule has 0 aromatic rings. The van der Waals surface area contributed by atoms with E-state index in [0.29, 0.717) is 25.7 Å². The third kappa shape index (κ3) is 3.95. The zero-order chi connectivity index (χ0) is 12.8. The van der Waals surface area contributed by atoms with Crippen LogP contribution < -0.4 is 0 Å². The van der Waals surface area contributed by atoms with Gasteiger partial charge >= 0.3 is 0 Å². The van der Waals surface area contributed by atoms with Gasteiger partial charge in [0, 0.05) is 19.2 Å². The Balaban J connectivity index is 1.58. The van der Waals surface area contributed by atoms with Crippen molar-refractivity contribution in [2.75, 3.05) is 26.4 Å². The van der Waals surface area contributed by atoms with Gasteiger partial charge in [-0.25, -0.2) is 0 Å². The summed E-state index contributed by atoms with van der Waals surface area (Å²) in [6.07, 6.45) is 6.54. The van der Waals surface area contributed by atoms with Gasteiger partial charge in [-0.2, -0.15) is 0 Å². The van der Waals surface area contributed by atoms with Crippen molar-refractivity contribution in [3.63, 3.8) is 0 Å². The molecule has 4 heteroatoms. The van der Waals surface area contributed by atoms with Crippen LogP contribution in [-0.4, -0.2) is 49.3 Å². The highest BCUT2D eigenvalue weighted by Gasteiger charge is 2.22. The smallest absolute Gasteiger partial charge is 0.225 e. The molecular weight excluding hydrogens is 230 g/mol. The summed E-state index contributed by atoms with van der Waals surface area (Å²) in [6.45, 7) is 5.10. The number of rotatable bonds is 5. The summed E-state index contributed by atoms with van der Waals surface area (Å²) in [4.78, 5) is 14.0. The molecule has 2 aliphatic rings. The van der Waals surface area contributed by atoms with E-state index >= 15 is 0 Å². The molecule has 2 heterocycles. The van der Waals surface area contributed by atoms with Crippen molar-refractivity contribution in [2.24, 2.45) is 0 Å². The normalized spacial score (nSPS) is 28.6. The van der Waals surface area contributed by atoms with E-state index in [4.69, 9.17) is 9.47 Å². The second-order valence-electron chi connectivity index (χ2n) is 5.39. The van der Waals surface area contributed by atoms with Gasteiger partial charge in [-0.1, -0.05) is 0 Å². The molecule has 1 amide bonds. The standard InChI is InChI=1S/C14H25NO3/c1-12-5-2-3-8-15(12)14(16)7-10-17-11-13-6-4-9-18-13/h12-13H,2-11H2,1H3. The van der Waals surface area contributed by atoms with Crippen molar-refractivity contribution in [3.8, 4) is 0 Å². The summed E-state index contributed by atoms with van der Waals surface area (Å²) in [5.74, 6) is 0.245. The van der Waals surface area contributed by atoms with Gasteiger partial charge in [-0.3, -0.25) is 4.79 Å². The quantitative estimate of drug-likeness (QED) is 0.705. The molecule has 2 atom stereocenters. The predicted octanol–water partition coefficient (Wildman–Crippen LogP) is 1.97. The zero-order valence-electron chi connectivity index (χ0n) is 11.4. The fourth-order valence-electron chi connectivity index (χ4n) is 2.76. The highest BCUT2D eigenvalue weighted by Crippen LogP contribution is 2.17. The summed E-state index contributed by atoms with van der Waals surface area (Å²) in [5.41, 5.74) is 0. The Labute approximate surface area is 110 Å². The first-order valence-corrected chi connectivity index (χ1v) is 7.26. The lowest BCUT2D eigenvalue weighted by molar-refractivity contribution is -0.135. The lowest BCUT2D eigenvalue weighted by Gasteiger charge is -2.33. The molecule has 0 N–H and O–H groups in total. The van der Waals surface area contributed by atoms with E-state index in [2.05, 4.69) is 6.92 Å². The summed E-state index contributed by atoms with van der Waals surface area (Å²) >= 11 is 0. The van der Waals surface area contributed by atoms with Crippen molar-refractivity contribution in [1.82, 2.24) is 4.90 Å². The van der Waals surface area contributed by atoms with Crippen LogP contribution in [0.3, 0.4) is 0 Å². The first-order chi connectivity index (χ1) is 8.77. The van der Waals surface area contributed by atoms with Gasteiger partial charge in [0.2, 0.25) is 5.91 Å². The van der Waals surface area contributed by atoms with Gasteiger partial charge in [0.25, 0.3) is 0 Å². The Morgan fingerprint density at radius 3 is 2.94 bits per heavy atom. The number of piperidine rings is 1. The van der Waals surface area contributed by atoms with Crippen molar-refractivity contribution < 1.29 is 14.3 Å². The Morgan fingerprint density at radius 1 is 1.33 bits per heavy atom. The molecule has 0 spiro atoms. The molecule has 2 saturated heterocycles. The van der Waals surface area contributed by atoms with E-state index < -0.39 is 0 Å². The summed E-state index contributed by atoms with van der Waals surface area (Å²) in [7, 11) is 0. The molecule has 2 unspecified atom stereocenters. The maximum absolute atomic E-state index is 12.0. The topological polar surface area (TPSA) is 38.8 Å². The Bertz CT molecular complexity index is 264. The van der Waals surface area contributed by atoms with Crippen LogP contribution in [0.2, 0.25) is 0 Å². The SMILES string of the molecule is CC1CCCCN1C(=O)CCOCC1CCCO1. The molecule has 4 nitrogen and oxygen atoms in total. The summed E-state index contributed by atoms with van der Waals surface area (Å²) < 4.78 is 11.0. The molecule has 2 rings (SSSR count). The van der Waals surface area contributed by atoms with Crippen LogP contribution in [0.15, 0.2) is 0 Å². The zero-order valence-corrected chi connectivity index (χ0v) is 11.4. The third-order valence-corrected chi connectivity index (χ3v) is 3.91. The number of amides is 1. The van der Waals surface area contributed by atoms with Gasteiger partial charge in [0.15, 0.2) is 0 Å². The minimum atomic E-state index is 0.245. The summed E-state index contributed by atoms with van der Waals surface area (Å²) in [5, 5.41) is 0. The molecule has 0 aromatic carbocycles. The van der Waals surface area contributed by atoms with Crippen LogP contribution >= 0.6 is 0 Å². The van der Waals surface area contributed by atoms with E-state index in [-0.39, 0.29) is 12.0 Å². The van der Waals surface area contributed by atoms with Crippen molar-refractivity contribution in [2.45, 2.75) is 57.6 Å². The number of hydrogen-bond donors (Lipinski definition) is 0. The summed E-state index contributed by atoms with van der Waals surface area (Å²) in [6, 6.07) is 0.407. The largest absolute Gasteiger partial charge is 0.378 e. The second kappa shape index (κ2) is 7.10. The molecule has 0 saturated carbocycles.